The van der Waals surface area contributed by atoms with E-state index in [1.54, 1.807) is 6.07 Å². The van der Waals surface area contributed by atoms with Crippen molar-refractivity contribution in [3.63, 3.8) is 0 Å². The minimum Gasteiger partial charge on any atom is -0.508 e. The molecule has 108 valence electrons. The van der Waals surface area contributed by atoms with Gasteiger partial charge in [0.2, 0.25) is 0 Å². The Morgan fingerprint density at radius 3 is 2.65 bits per heavy atom. The van der Waals surface area contributed by atoms with Crippen molar-refractivity contribution in [3.8, 4) is 5.75 Å². The molecule has 0 unspecified atom stereocenters. The first-order valence-electron chi connectivity index (χ1n) is 7.09. The number of nitro groups is 1. The topological polar surface area (TPSA) is 78.6 Å². The van der Waals surface area contributed by atoms with E-state index in [-0.39, 0.29) is 22.4 Å². The minimum atomic E-state index is -0.341. The number of nitro benzene ring substituents is 1. The summed E-state index contributed by atoms with van der Waals surface area (Å²) in [5.41, 5.74) is 0.789. The third-order valence-corrected chi connectivity index (χ3v) is 4.14. The SMILES string of the molecule is O=[N+]([O-])c1ccc(O)cc1[C@@H](C1CC1)N1CCNCC1. The van der Waals surface area contributed by atoms with Crippen molar-refractivity contribution in [1.82, 2.24) is 10.2 Å². The first kappa shape index (κ1) is 13.3. The fraction of sp³-hybridized carbons (Fsp3) is 0.571. The molecule has 0 bridgehead atoms. The molecule has 6 nitrogen and oxygen atoms in total. The molecule has 0 aromatic heterocycles. The third kappa shape index (κ3) is 2.62. The van der Waals surface area contributed by atoms with Crippen LogP contribution in [0.5, 0.6) is 5.75 Å². The van der Waals surface area contributed by atoms with Gasteiger partial charge in [0.15, 0.2) is 0 Å². The first-order chi connectivity index (χ1) is 9.66. The zero-order valence-electron chi connectivity index (χ0n) is 11.3. The van der Waals surface area contributed by atoms with Gasteiger partial charge in [-0.25, -0.2) is 0 Å². The van der Waals surface area contributed by atoms with E-state index in [2.05, 4.69) is 10.2 Å². The smallest absolute Gasteiger partial charge is 0.274 e. The summed E-state index contributed by atoms with van der Waals surface area (Å²) in [4.78, 5) is 13.2. The van der Waals surface area contributed by atoms with Crippen LogP contribution in [0, 0.1) is 16.0 Å². The largest absolute Gasteiger partial charge is 0.508 e. The number of rotatable bonds is 4. The van der Waals surface area contributed by atoms with Crippen molar-refractivity contribution < 1.29 is 10.0 Å². The van der Waals surface area contributed by atoms with Crippen LogP contribution in [-0.4, -0.2) is 41.1 Å². The number of nitrogens with zero attached hydrogens (tertiary/aromatic N) is 2. The van der Waals surface area contributed by atoms with Gasteiger partial charge >= 0.3 is 0 Å². The second-order valence-electron chi connectivity index (χ2n) is 5.57. The highest BCUT2D eigenvalue weighted by Gasteiger charge is 2.40. The molecule has 1 saturated heterocycles. The lowest BCUT2D eigenvalue weighted by Gasteiger charge is -2.35. The maximum absolute atomic E-state index is 11.3. The number of nitrogens with one attached hydrogen (secondary N) is 1. The zero-order chi connectivity index (χ0) is 14.1. The molecular formula is C14H19N3O3. The van der Waals surface area contributed by atoms with Gasteiger partial charge in [-0.3, -0.25) is 15.0 Å². The summed E-state index contributed by atoms with van der Waals surface area (Å²) in [7, 11) is 0. The average molecular weight is 277 g/mol. The van der Waals surface area contributed by atoms with Crippen LogP contribution in [0.25, 0.3) is 0 Å². The maximum Gasteiger partial charge on any atom is 0.274 e. The van der Waals surface area contributed by atoms with Gasteiger partial charge in [0.05, 0.1) is 10.5 Å². The highest BCUT2D eigenvalue weighted by atomic mass is 16.6. The van der Waals surface area contributed by atoms with Crippen molar-refractivity contribution >= 4 is 5.69 Å². The summed E-state index contributed by atoms with van der Waals surface area (Å²) in [6.07, 6.45) is 2.23. The Bertz CT molecular complexity index is 510. The Morgan fingerprint density at radius 2 is 2.05 bits per heavy atom. The van der Waals surface area contributed by atoms with Crippen LogP contribution in [0.4, 0.5) is 5.69 Å². The summed E-state index contributed by atoms with van der Waals surface area (Å²) in [5.74, 6) is 0.583. The highest BCUT2D eigenvalue weighted by Crippen LogP contribution is 2.47. The van der Waals surface area contributed by atoms with E-state index in [0.29, 0.717) is 11.5 Å². The van der Waals surface area contributed by atoms with E-state index in [1.165, 1.54) is 12.1 Å². The van der Waals surface area contributed by atoms with E-state index in [0.717, 1.165) is 39.0 Å². The molecule has 1 heterocycles. The second kappa shape index (κ2) is 5.38. The average Bonchev–Trinajstić information content (AvgIpc) is 3.25. The number of phenolic OH excluding ortho intramolecular Hbond substituents is 1. The Balaban J connectivity index is 1.98. The fourth-order valence-electron chi connectivity index (χ4n) is 3.07. The van der Waals surface area contributed by atoms with E-state index in [4.69, 9.17) is 0 Å². The molecule has 0 radical (unpaired) electrons. The van der Waals surface area contributed by atoms with Crippen molar-refractivity contribution in [1.29, 1.82) is 0 Å². The van der Waals surface area contributed by atoms with Crippen LogP contribution in [0.2, 0.25) is 0 Å². The molecule has 1 saturated carbocycles. The molecule has 0 spiro atoms. The van der Waals surface area contributed by atoms with E-state index >= 15 is 0 Å². The number of phenols is 1. The van der Waals surface area contributed by atoms with Crippen LogP contribution < -0.4 is 5.32 Å². The van der Waals surface area contributed by atoms with Gasteiger partial charge in [-0.1, -0.05) is 0 Å². The second-order valence-corrected chi connectivity index (χ2v) is 5.57. The van der Waals surface area contributed by atoms with Gasteiger partial charge in [0.25, 0.3) is 5.69 Å². The molecular weight excluding hydrogens is 258 g/mol. The van der Waals surface area contributed by atoms with Crippen LogP contribution in [0.1, 0.15) is 24.4 Å². The number of hydrogen-bond donors (Lipinski definition) is 2. The van der Waals surface area contributed by atoms with E-state index < -0.39 is 0 Å². The molecule has 6 heteroatoms. The number of aromatic hydroxyl groups is 1. The van der Waals surface area contributed by atoms with Crippen molar-refractivity contribution in [2.75, 3.05) is 26.2 Å². The maximum atomic E-state index is 11.3. The molecule has 2 aliphatic rings. The molecule has 1 aromatic rings. The lowest BCUT2D eigenvalue weighted by Crippen LogP contribution is -2.45. The Labute approximate surface area is 117 Å². The molecule has 1 aliphatic heterocycles. The predicted octanol–water partition coefficient (Wildman–Crippen LogP) is 1.66. The van der Waals surface area contributed by atoms with Gasteiger partial charge in [-0.2, -0.15) is 0 Å². The number of piperazine rings is 1. The highest BCUT2D eigenvalue weighted by molar-refractivity contribution is 5.47. The van der Waals surface area contributed by atoms with Gasteiger partial charge in [0, 0.05) is 38.3 Å². The molecule has 3 rings (SSSR count). The standard InChI is InChI=1S/C14H19N3O3/c18-11-3-4-13(17(19)20)12(9-11)14(10-1-2-10)16-7-5-15-6-8-16/h3-4,9-10,14-15,18H,1-2,5-8H2/t14-/m1/s1. The normalized spacial score (nSPS) is 21.6. The molecule has 2 N–H and O–H groups in total. The molecule has 1 atom stereocenters. The lowest BCUT2D eigenvalue weighted by atomic mass is 9.97. The van der Waals surface area contributed by atoms with Crippen LogP contribution in [0.3, 0.4) is 0 Å². The Morgan fingerprint density at radius 1 is 1.35 bits per heavy atom. The summed E-state index contributed by atoms with van der Waals surface area (Å²) in [6.45, 7) is 3.62. The van der Waals surface area contributed by atoms with Gasteiger partial charge in [-0.05, 0) is 30.9 Å². The van der Waals surface area contributed by atoms with E-state index in [1.807, 2.05) is 0 Å². The Hall–Kier alpha value is -1.66. The summed E-state index contributed by atoms with van der Waals surface area (Å²) in [5, 5.41) is 24.3. The monoisotopic (exact) mass is 277 g/mol. The molecule has 20 heavy (non-hydrogen) atoms. The molecule has 1 aromatic carbocycles. The Kier molecular flexibility index (Phi) is 3.58. The van der Waals surface area contributed by atoms with Crippen LogP contribution in [-0.2, 0) is 0 Å². The van der Waals surface area contributed by atoms with Crippen LogP contribution in [0.15, 0.2) is 18.2 Å². The summed E-state index contributed by atoms with van der Waals surface area (Å²) >= 11 is 0. The summed E-state index contributed by atoms with van der Waals surface area (Å²) < 4.78 is 0. The van der Waals surface area contributed by atoms with Crippen LogP contribution >= 0.6 is 0 Å². The number of benzene rings is 1. The molecule has 1 aliphatic carbocycles. The van der Waals surface area contributed by atoms with Gasteiger partial charge < -0.3 is 10.4 Å². The lowest BCUT2D eigenvalue weighted by molar-refractivity contribution is -0.386. The third-order valence-electron chi connectivity index (χ3n) is 4.14. The minimum absolute atomic E-state index is 0.0598. The predicted molar refractivity (Wildman–Crippen MR) is 74.7 cm³/mol. The fourth-order valence-corrected chi connectivity index (χ4v) is 3.07. The van der Waals surface area contributed by atoms with Crippen molar-refractivity contribution in [2.45, 2.75) is 18.9 Å². The number of hydrogen-bond acceptors (Lipinski definition) is 5. The van der Waals surface area contributed by atoms with E-state index in [9.17, 15) is 15.2 Å². The molecule has 0 amide bonds. The quantitative estimate of drug-likeness (QED) is 0.646. The van der Waals surface area contributed by atoms with Crippen molar-refractivity contribution in [3.05, 3.63) is 33.9 Å². The first-order valence-corrected chi connectivity index (χ1v) is 7.09. The summed E-state index contributed by atoms with van der Waals surface area (Å²) in [6, 6.07) is 4.44. The zero-order valence-corrected chi connectivity index (χ0v) is 11.3. The van der Waals surface area contributed by atoms with Crippen molar-refractivity contribution in [2.24, 2.45) is 5.92 Å². The molecule has 2 fully saturated rings. The van der Waals surface area contributed by atoms with Gasteiger partial charge in [0.1, 0.15) is 5.75 Å². The van der Waals surface area contributed by atoms with Gasteiger partial charge in [-0.15, -0.1) is 0 Å².